The molecule has 1 rings (SSSR count). The van der Waals surface area contributed by atoms with Gasteiger partial charge in [-0.25, -0.2) is 0 Å². The minimum Gasteiger partial charge on any atom is -0.384 e. The highest BCUT2D eigenvalue weighted by Gasteiger charge is 2.23. The van der Waals surface area contributed by atoms with Crippen LogP contribution >= 0.6 is 0 Å². The molecule has 0 bridgehead atoms. The first-order valence-corrected chi connectivity index (χ1v) is 4.11. The lowest BCUT2D eigenvalue weighted by Crippen LogP contribution is -2.42. The summed E-state index contributed by atoms with van der Waals surface area (Å²) in [5.41, 5.74) is 0. The van der Waals surface area contributed by atoms with Crippen molar-refractivity contribution in [2.24, 2.45) is 5.92 Å². The average molecular weight is 159 g/mol. The van der Waals surface area contributed by atoms with Gasteiger partial charge in [-0.05, 0) is 13.0 Å². The van der Waals surface area contributed by atoms with Crippen LogP contribution in [0.2, 0.25) is 0 Å². The highest BCUT2D eigenvalue weighted by molar-refractivity contribution is 4.77. The van der Waals surface area contributed by atoms with E-state index in [4.69, 9.17) is 9.47 Å². The minimum atomic E-state index is 0.385. The second kappa shape index (κ2) is 4.70. The summed E-state index contributed by atoms with van der Waals surface area (Å²) in [6, 6.07) is 0. The van der Waals surface area contributed by atoms with E-state index in [9.17, 15) is 0 Å². The average Bonchev–Trinajstić information content (AvgIpc) is 2.06. The van der Waals surface area contributed by atoms with Crippen molar-refractivity contribution in [3.63, 3.8) is 0 Å². The van der Waals surface area contributed by atoms with E-state index in [0.29, 0.717) is 12.0 Å². The molecule has 1 aliphatic rings. The first-order chi connectivity index (χ1) is 5.38. The van der Waals surface area contributed by atoms with Gasteiger partial charge in [-0.1, -0.05) is 0 Å². The Bertz CT molecular complexity index is 106. The van der Waals surface area contributed by atoms with Crippen LogP contribution in [0, 0.1) is 5.92 Å². The van der Waals surface area contributed by atoms with Crippen molar-refractivity contribution in [1.29, 1.82) is 0 Å². The van der Waals surface area contributed by atoms with Gasteiger partial charge >= 0.3 is 0 Å². The molecule has 3 heteroatoms. The topological polar surface area (TPSA) is 30.5 Å². The van der Waals surface area contributed by atoms with E-state index in [0.717, 1.165) is 26.1 Å². The molecule has 0 aliphatic carbocycles. The predicted octanol–water partition coefficient (Wildman–Crippen LogP) is 0.257. The Balaban J connectivity index is 2.31. The van der Waals surface area contributed by atoms with E-state index in [2.05, 4.69) is 5.32 Å². The number of methoxy groups -OCH3 is 2. The summed E-state index contributed by atoms with van der Waals surface area (Å²) < 4.78 is 10.4. The zero-order chi connectivity index (χ0) is 8.10. The van der Waals surface area contributed by atoms with E-state index >= 15 is 0 Å². The van der Waals surface area contributed by atoms with Gasteiger partial charge in [0.25, 0.3) is 0 Å². The minimum absolute atomic E-state index is 0.385. The lowest BCUT2D eigenvalue weighted by Gasteiger charge is -2.30. The lowest BCUT2D eigenvalue weighted by atomic mass is 9.97. The number of ether oxygens (including phenoxy) is 2. The molecule has 2 atom stereocenters. The van der Waals surface area contributed by atoms with Gasteiger partial charge in [0.1, 0.15) is 0 Å². The van der Waals surface area contributed by atoms with Crippen LogP contribution in [0.1, 0.15) is 6.42 Å². The second-order valence-electron chi connectivity index (χ2n) is 2.98. The van der Waals surface area contributed by atoms with Gasteiger partial charge in [-0.3, -0.25) is 0 Å². The summed E-state index contributed by atoms with van der Waals surface area (Å²) in [4.78, 5) is 0. The van der Waals surface area contributed by atoms with Crippen LogP contribution in [0.3, 0.4) is 0 Å². The molecule has 3 nitrogen and oxygen atoms in total. The summed E-state index contributed by atoms with van der Waals surface area (Å²) in [7, 11) is 3.51. The Morgan fingerprint density at radius 1 is 1.45 bits per heavy atom. The van der Waals surface area contributed by atoms with Crippen LogP contribution in [0.15, 0.2) is 0 Å². The highest BCUT2D eigenvalue weighted by atomic mass is 16.5. The summed E-state index contributed by atoms with van der Waals surface area (Å²) in [6.07, 6.45) is 1.49. The van der Waals surface area contributed by atoms with Crippen molar-refractivity contribution in [3.05, 3.63) is 0 Å². The van der Waals surface area contributed by atoms with Gasteiger partial charge in [-0.15, -0.1) is 0 Å². The molecule has 0 amide bonds. The Morgan fingerprint density at radius 2 is 2.27 bits per heavy atom. The summed E-state index contributed by atoms with van der Waals surface area (Å²) in [5.74, 6) is 0.527. The maximum atomic E-state index is 5.34. The van der Waals surface area contributed by atoms with Gasteiger partial charge in [0.2, 0.25) is 0 Å². The lowest BCUT2D eigenvalue weighted by molar-refractivity contribution is -0.00252. The molecule has 66 valence electrons. The molecule has 1 saturated heterocycles. The standard InChI is InChI=1S/C8H17NO2/c1-10-6-7-5-9-4-3-8(7)11-2/h7-9H,3-6H2,1-2H3. The Kier molecular flexibility index (Phi) is 3.83. The molecule has 0 radical (unpaired) electrons. The van der Waals surface area contributed by atoms with Gasteiger partial charge in [0.05, 0.1) is 12.7 Å². The molecule has 0 aromatic rings. The third-order valence-corrected chi connectivity index (χ3v) is 2.22. The number of rotatable bonds is 3. The van der Waals surface area contributed by atoms with Crippen LogP contribution in [-0.2, 0) is 9.47 Å². The van der Waals surface area contributed by atoms with Crippen molar-refractivity contribution >= 4 is 0 Å². The number of nitrogens with one attached hydrogen (secondary N) is 1. The van der Waals surface area contributed by atoms with E-state index in [1.807, 2.05) is 0 Å². The Morgan fingerprint density at radius 3 is 2.91 bits per heavy atom. The van der Waals surface area contributed by atoms with Crippen molar-refractivity contribution in [3.8, 4) is 0 Å². The molecule has 2 unspecified atom stereocenters. The molecule has 0 spiro atoms. The molecule has 1 aliphatic heterocycles. The SMILES string of the molecule is COCC1CNCCC1OC. The first kappa shape index (κ1) is 8.97. The van der Waals surface area contributed by atoms with Crippen molar-refractivity contribution in [2.75, 3.05) is 33.9 Å². The van der Waals surface area contributed by atoms with Crippen LogP contribution in [0.4, 0.5) is 0 Å². The maximum absolute atomic E-state index is 5.34. The van der Waals surface area contributed by atoms with Gasteiger partial charge in [0.15, 0.2) is 0 Å². The summed E-state index contributed by atoms with van der Waals surface area (Å²) >= 11 is 0. The molecule has 1 heterocycles. The highest BCUT2D eigenvalue weighted by Crippen LogP contribution is 2.14. The first-order valence-electron chi connectivity index (χ1n) is 4.11. The van der Waals surface area contributed by atoms with E-state index in [1.165, 1.54) is 0 Å². The fourth-order valence-corrected chi connectivity index (χ4v) is 1.59. The van der Waals surface area contributed by atoms with E-state index in [1.54, 1.807) is 14.2 Å². The van der Waals surface area contributed by atoms with Crippen molar-refractivity contribution < 1.29 is 9.47 Å². The Hall–Kier alpha value is -0.120. The van der Waals surface area contributed by atoms with Gasteiger partial charge in [-0.2, -0.15) is 0 Å². The summed E-state index contributed by atoms with van der Waals surface area (Å²) in [6.45, 7) is 2.89. The number of hydrogen-bond donors (Lipinski definition) is 1. The summed E-state index contributed by atoms with van der Waals surface area (Å²) in [5, 5.41) is 3.32. The fraction of sp³-hybridized carbons (Fsp3) is 1.00. The molecule has 0 saturated carbocycles. The normalized spacial score (nSPS) is 32.2. The zero-order valence-electron chi connectivity index (χ0n) is 7.30. The predicted molar refractivity (Wildman–Crippen MR) is 43.6 cm³/mol. The number of hydrogen-bond acceptors (Lipinski definition) is 3. The van der Waals surface area contributed by atoms with Crippen molar-refractivity contribution in [2.45, 2.75) is 12.5 Å². The maximum Gasteiger partial charge on any atom is 0.0645 e. The second-order valence-corrected chi connectivity index (χ2v) is 2.98. The zero-order valence-corrected chi connectivity index (χ0v) is 7.30. The third-order valence-electron chi connectivity index (χ3n) is 2.22. The van der Waals surface area contributed by atoms with Crippen LogP contribution in [0.5, 0.6) is 0 Å². The smallest absolute Gasteiger partial charge is 0.0645 e. The largest absolute Gasteiger partial charge is 0.384 e. The van der Waals surface area contributed by atoms with Gasteiger partial charge in [0, 0.05) is 26.7 Å². The molecular formula is C8H17NO2. The van der Waals surface area contributed by atoms with Crippen molar-refractivity contribution in [1.82, 2.24) is 5.32 Å². The number of piperidine rings is 1. The van der Waals surface area contributed by atoms with Crippen LogP contribution < -0.4 is 5.32 Å². The molecule has 1 N–H and O–H groups in total. The monoisotopic (exact) mass is 159 g/mol. The molecule has 0 aromatic carbocycles. The van der Waals surface area contributed by atoms with E-state index < -0.39 is 0 Å². The molecule has 11 heavy (non-hydrogen) atoms. The molecule has 1 fully saturated rings. The van der Waals surface area contributed by atoms with Crippen LogP contribution in [-0.4, -0.2) is 40.0 Å². The molecule has 0 aromatic heterocycles. The quantitative estimate of drug-likeness (QED) is 0.640. The fourth-order valence-electron chi connectivity index (χ4n) is 1.59. The Labute approximate surface area is 68.1 Å². The van der Waals surface area contributed by atoms with Gasteiger partial charge < -0.3 is 14.8 Å². The molecular weight excluding hydrogens is 142 g/mol. The third kappa shape index (κ3) is 2.43. The van der Waals surface area contributed by atoms with Crippen LogP contribution in [0.25, 0.3) is 0 Å². The van der Waals surface area contributed by atoms with E-state index in [-0.39, 0.29) is 0 Å².